The fourth-order valence-electron chi connectivity index (χ4n) is 1.97. The monoisotopic (exact) mass is 449 g/mol. The van der Waals surface area contributed by atoms with Crippen LogP contribution in [0, 0.1) is 5.82 Å². The molecule has 0 aliphatic carbocycles. The van der Waals surface area contributed by atoms with Crippen molar-refractivity contribution in [3.63, 3.8) is 0 Å². The second-order valence-corrected chi connectivity index (χ2v) is 7.85. The van der Waals surface area contributed by atoms with E-state index in [0.717, 1.165) is 18.8 Å². The molecule has 0 fully saturated rings. The van der Waals surface area contributed by atoms with Crippen molar-refractivity contribution < 1.29 is 4.39 Å². The summed E-state index contributed by atoms with van der Waals surface area (Å²) in [5.41, 5.74) is 8.00. The molecule has 2 heterocycles. The smallest absolute Gasteiger partial charge is 0.153 e. The highest BCUT2D eigenvalue weighted by Gasteiger charge is 2.19. The van der Waals surface area contributed by atoms with Crippen LogP contribution in [-0.2, 0) is 0 Å². The van der Waals surface area contributed by atoms with Gasteiger partial charge >= 0.3 is 0 Å². The summed E-state index contributed by atoms with van der Waals surface area (Å²) < 4.78 is 15.1. The molecule has 3 nitrogen and oxygen atoms in total. The first-order chi connectivity index (χ1) is 9.97. The van der Waals surface area contributed by atoms with Gasteiger partial charge in [0.25, 0.3) is 0 Å². The fourth-order valence-corrected chi connectivity index (χ4v) is 4.27. The van der Waals surface area contributed by atoms with Crippen molar-refractivity contribution in [2.24, 2.45) is 0 Å². The number of thiophene rings is 1. The number of anilines is 1. The standard InChI is InChI=1S/C13H7Br2ClFN3S/c14-7-4-9(21-12(7)15)11-10(13(18)20-19-11)6-2-1-5(17)3-8(6)16/h1-4H,(H3,18,19,20). The Morgan fingerprint density at radius 2 is 2.05 bits per heavy atom. The van der Waals surface area contributed by atoms with Crippen LogP contribution in [0.25, 0.3) is 21.7 Å². The number of aromatic amines is 1. The molecule has 3 aromatic rings. The Morgan fingerprint density at radius 1 is 1.29 bits per heavy atom. The van der Waals surface area contributed by atoms with Crippen LogP contribution in [0.4, 0.5) is 10.2 Å². The Bertz CT molecular complexity index is 811. The van der Waals surface area contributed by atoms with E-state index in [4.69, 9.17) is 17.3 Å². The quantitative estimate of drug-likeness (QED) is 0.525. The second-order valence-electron chi connectivity index (χ2n) is 4.22. The molecule has 2 aromatic heterocycles. The van der Waals surface area contributed by atoms with E-state index < -0.39 is 5.82 Å². The summed E-state index contributed by atoms with van der Waals surface area (Å²) in [6.07, 6.45) is 0. The lowest BCUT2D eigenvalue weighted by Crippen LogP contribution is -1.89. The summed E-state index contributed by atoms with van der Waals surface area (Å²) in [5, 5.41) is 7.25. The van der Waals surface area contributed by atoms with E-state index in [1.54, 1.807) is 6.07 Å². The van der Waals surface area contributed by atoms with Crippen LogP contribution in [-0.4, -0.2) is 10.2 Å². The van der Waals surface area contributed by atoms with Crippen LogP contribution in [0.3, 0.4) is 0 Å². The van der Waals surface area contributed by atoms with Gasteiger partial charge in [0.15, 0.2) is 5.82 Å². The molecule has 0 aliphatic rings. The number of rotatable bonds is 2. The highest BCUT2D eigenvalue weighted by Crippen LogP contribution is 2.44. The summed E-state index contributed by atoms with van der Waals surface area (Å²) >= 11 is 14.6. The first-order valence-electron chi connectivity index (χ1n) is 5.72. The van der Waals surface area contributed by atoms with Gasteiger partial charge in [0.2, 0.25) is 0 Å². The van der Waals surface area contributed by atoms with Gasteiger partial charge < -0.3 is 5.73 Å². The first-order valence-corrected chi connectivity index (χ1v) is 8.50. The lowest BCUT2D eigenvalue weighted by Gasteiger charge is -2.05. The Labute approximate surface area is 145 Å². The van der Waals surface area contributed by atoms with Crippen molar-refractivity contribution in [3.8, 4) is 21.7 Å². The van der Waals surface area contributed by atoms with E-state index in [-0.39, 0.29) is 0 Å². The van der Waals surface area contributed by atoms with Crippen LogP contribution in [0.1, 0.15) is 0 Å². The maximum absolute atomic E-state index is 13.2. The van der Waals surface area contributed by atoms with E-state index in [9.17, 15) is 4.39 Å². The number of nitrogen functional groups attached to an aromatic ring is 1. The predicted molar refractivity (Wildman–Crippen MR) is 92.1 cm³/mol. The Morgan fingerprint density at radius 3 is 2.67 bits per heavy atom. The van der Waals surface area contributed by atoms with E-state index in [1.807, 2.05) is 6.07 Å². The number of aromatic nitrogens is 2. The largest absolute Gasteiger partial charge is 0.382 e. The first kappa shape index (κ1) is 15.0. The molecule has 0 spiro atoms. The summed E-state index contributed by atoms with van der Waals surface area (Å²) in [6.45, 7) is 0. The van der Waals surface area contributed by atoms with Crippen molar-refractivity contribution in [2.45, 2.75) is 0 Å². The van der Waals surface area contributed by atoms with E-state index >= 15 is 0 Å². The van der Waals surface area contributed by atoms with Crippen LogP contribution in [0.5, 0.6) is 0 Å². The third kappa shape index (κ3) is 2.75. The van der Waals surface area contributed by atoms with Gasteiger partial charge in [0.05, 0.1) is 24.9 Å². The molecule has 108 valence electrons. The van der Waals surface area contributed by atoms with Crippen LogP contribution >= 0.6 is 54.8 Å². The molecule has 0 bridgehead atoms. The van der Waals surface area contributed by atoms with Gasteiger partial charge in [-0.15, -0.1) is 11.3 Å². The molecule has 0 saturated carbocycles. The third-order valence-corrected chi connectivity index (χ3v) is 6.47. The number of halogens is 4. The average Bonchev–Trinajstić information content (AvgIpc) is 2.94. The summed E-state index contributed by atoms with van der Waals surface area (Å²) in [4.78, 5) is 0.938. The zero-order valence-electron chi connectivity index (χ0n) is 10.3. The topological polar surface area (TPSA) is 54.7 Å². The molecule has 3 rings (SSSR count). The summed E-state index contributed by atoms with van der Waals surface area (Å²) in [6, 6.07) is 6.15. The summed E-state index contributed by atoms with van der Waals surface area (Å²) in [7, 11) is 0. The van der Waals surface area contributed by atoms with Crippen LogP contribution in [0.2, 0.25) is 5.02 Å². The highest BCUT2D eigenvalue weighted by atomic mass is 79.9. The molecule has 0 unspecified atom stereocenters. The molecular formula is C13H7Br2ClFN3S. The van der Waals surface area contributed by atoms with E-state index in [2.05, 4.69) is 42.1 Å². The number of nitrogens with two attached hydrogens (primary N) is 1. The number of benzene rings is 1. The molecular weight excluding hydrogens is 444 g/mol. The second kappa shape index (κ2) is 5.72. The molecule has 0 aliphatic heterocycles. The molecule has 0 amide bonds. The number of nitrogens with zero attached hydrogens (tertiary/aromatic N) is 1. The van der Waals surface area contributed by atoms with Crippen LogP contribution in [0.15, 0.2) is 32.5 Å². The van der Waals surface area contributed by atoms with Crippen molar-refractivity contribution in [2.75, 3.05) is 5.73 Å². The minimum Gasteiger partial charge on any atom is -0.382 e. The number of hydrogen-bond donors (Lipinski definition) is 2. The van der Waals surface area contributed by atoms with Gasteiger partial charge in [-0.25, -0.2) is 4.39 Å². The molecule has 8 heteroatoms. The van der Waals surface area contributed by atoms with Gasteiger partial charge in [-0.1, -0.05) is 11.6 Å². The SMILES string of the molecule is Nc1n[nH]c(-c2cc(Br)c(Br)s2)c1-c1ccc(F)cc1Cl. The maximum atomic E-state index is 13.2. The number of hydrogen-bond acceptors (Lipinski definition) is 3. The van der Waals surface area contributed by atoms with Gasteiger partial charge in [-0.3, -0.25) is 5.10 Å². The van der Waals surface area contributed by atoms with Crippen LogP contribution < -0.4 is 5.73 Å². The van der Waals surface area contributed by atoms with Gasteiger partial charge in [0, 0.05) is 10.0 Å². The molecule has 3 N–H and O–H groups in total. The van der Waals surface area contributed by atoms with Gasteiger partial charge in [0.1, 0.15) is 5.82 Å². The lowest BCUT2D eigenvalue weighted by molar-refractivity contribution is 0.628. The van der Waals surface area contributed by atoms with Crippen molar-refractivity contribution in [3.05, 3.63) is 43.4 Å². The Balaban J connectivity index is 2.21. The van der Waals surface area contributed by atoms with Crippen molar-refractivity contribution in [1.29, 1.82) is 0 Å². The zero-order valence-corrected chi connectivity index (χ0v) is 15.0. The highest BCUT2D eigenvalue weighted by molar-refractivity contribution is 9.13. The molecule has 0 radical (unpaired) electrons. The fraction of sp³-hybridized carbons (Fsp3) is 0. The zero-order chi connectivity index (χ0) is 15.1. The minimum atomic E-state index is -0.394. The Kier molecular flexibility index (Phi) is 4.09. The summed E-state index contributed by atoms with van der Waals surface area (Å²) in [5.74, 6) is -0.0758. The van der Waals surface area contributed by atoms with Crippen molar-refractivity contribution >= 4 is 60.6 Å². The Hall–Kier alpha value is -0.890. The maximum Gasteiger partial charge on any atom is 0.153 e. The number of H-pyrrole nitrogens is 1. The molecule has 21 heavy (non-hydrogen) atoms. The normalized spacial score (nSPS) is 11.0. The average molecular weight is 452 g/mol. The van der Waals surface area contributed by atoms with E-state index in [0.29, 0.717) is 22.0 Å². The molecule has 0 atom stereocenters. The third-order valence-electron chi connectivity index (χ3n) is 2.89. The molecule has 0 saturated heterocycles. The lowest BCUT2D eigenvalue weighted by atomic mass is 10.0. The number of nitrogens with one attached hydrogen (secondary N) is 1. The predicted octanol–water partition coefficient (Wildman–Crippen LogP) is 5.70. The van der Waals surface area contributed by atoms with E-state index in [1.165, 1.54) is 23.5 Å². The van der Waals surface area contributed by atoms with Gasteiger partial charge in [-0.05, 0) is 56.1 Å². The minimum absolute atomic E-state index is 0.291. The molecule has 1 aromatic carbocycles. The van der Waals surface area contributed by atoms with Gasteiger partial charge in [-0.2, -0.15) is 5.10 Å². The van der Waals surface area contributed by atoms with Crippen molar-refractivity contribution in [1.82, 2.24) is 10.2 Å².